The first-order valence-corrected chi connectivity index (χ1v) is 3.90. The van der Waals surface area contributed by atoms with Crippen molar-refractivity contribution < 1.29 is 4.42 Å². The molecule has 0 spiro atoms. The van der Waals surface area contributed by atoms with E-state index in [1.54, 1.807) is 12.1 Å². The van der Waals surface area contributed by atoms with Gasteiger partial charge < -0.3 is 4.42 Å². The van der Waals surface area contributed by atoms with Crippen molar-refractivity contribution in [2.75, 3.05) is 0 Å². The molecule has 3 heteroatoms. The average molecular weight is 172 g/mol. The van der Waals surface area contributed by atoms with E-state index in [9.17, 15) is 0 Å². The fourth-order valence-corrected chi connectivity index (χ4v) is 1.08. The van der Waals surface area contributed by atoms with E-state index < -0.39 is 0 Å². The molecule has 1 aromatic heterocycles. The molecule has 0 aliphatic rings. The molecular weight excluding hydrogens is 164 g/mol. The summed E-state index contributed by atoms with van der Waals surface area (Å²) in [7, 11) is 0. The van der Waals surface area contributed by atoms with Crippen LogP contribution in [-0.2, 0) is 0 Å². The van der Waals surface area contributed by atoms with Crippen LogP contribution in [-0.4, -0.2) is 0 Å². The number of furan rings is 1. The molecule has 13 heavy (non-hydrogen) atoms. The standard InChI is InChI=1S/C10H8N2O/c1-2-9(8(6-11)7-12)10-4-3-5-13-10/h3-5H,2H2,1H3. The second-order valence-electron chi connectivity index (χ2n) is 2.41. The van der Waals surface area contributed by atoms with Gasteiger partial charge in [-0.3, -0.25) is 0 Å². The van der Waals surface area contributed by atoms with Crippen LogP contribution in [0.15, 0.2) is 28.4 Å². The minimum Gasteiger partial charge on any atom is -0.465 e. The third-order valence-electron chi connectivity index (χ3n) is 1.70. The molecule has 1 heterocycles. The third kappa shape index (κ3) is 1.77. The van der Waals surface area contributed by atoms with E-state index in [2.05, 4.69) is 0 Å². The summed E-state index contributed by atoms with van der Waals surface area (Å²) in [4.78, 5) is 0. The topological polar surface area (TPSA) is 60.7 Å². The van der Waals surface area contributed by atoms with Gasteiger partial charge in [-0.15, -0.1) is 0 Å². The molecule has 0 radical (unpaired) electrons. The molecule has 0 amide bonds. The Bertz CT molecular complexity index is 372. The lowest BCUT2D eigenvalue weighted by Crippen LogP contribution is -1.84. The second kappa shape index (κ2) is 4.13. The van der Waals surface area contributed by atoms with Gasteiger partial charge in [0.2, 0.25) is 0 Å². The third-order valence-corrected chi connectivity index (χ3v) is 1.70. The van der Waals surface area contributed by atoms with Gasteiger partial charge in [-0.1, -0.05) is 6.92 Å². The van der Waals surface area contributed by atoms with Gasteiger partial charge in [0.05, 0.1) is 6.26 Å². The second-order valence-corrected chi connectivity index (χ2v) is 2.41. The largest absolute Gasteiger partial charge is 0.465 e. The number of hydrogen-bond acceptors (Lipinski definition) is 3. The van der Waals surface area contributed by atoms with Crippen LogP contribution in [0.4, 0.5) is 0 Å². The summed E-state index contributed by atoms with van der Waals surface area (Å²) >= 11 is 0. The Morgan fingerprint density at radius 3 is 2.54 bits per heavy atom. The Labute approximate surface area is 76.5 Å². The summed E-state index contributed by atoms with van der Waals surface area (Å²) in [6, 6.07) is 7.18. The first kappa shape index (κ1) is 9.09. The molecule has 1 rings (SSSR count). The van der Waals surface area contributed by atoms with Crippen molar-refractivity contribution in [2.45, 2.75) is 13.3 Å². The Morgan fingerprint density at radius 2 is 2.15 bits per heavy atom. The van der Waals surface area contributed by atoms with E-state index in [4.69, 9.17) is 14.9 Å². The maximum absolute atomic E-state index is 8.65. The normalized spacial score (nSPS) is 8.54. The molecule has 0 atom stereocenters. The molecule has 0 aliphatic carbocycles. The van der Waals surface area contributed by atoms with Gasteiger partial charge in [0.15, 0.2) is 0 Å². The van der Waals surface area contributed by atoms with E-state index in [1.807, 2.05) is 19.1 Å². The van der Waals surface area contributed by atoms with Crippen molar-refractivity contribution in [1.82, 2.24) is 0 Å². The zero-order valence-electron chi connectivity index (χ0n) is 7.24. The van der Waals surface area contributed by atoms with Crippen LogP contribution in [0.2, 0.25) is 0 Å². The average Bonchev–Trinajstić information content (AvgIpc) is 2.66. The molecule has 3 nitrogen and oxygen atoms in total. The van der Waals surface area contributed by atoms with Crippen molar-refractivity contribution in [1.29, 1.82) is 10.5 Å². The highest BCUT2D eigenvalue weighted by atomic mass is 16.3. The fraction of sp³-hybridized carbons (Fsp3) is 0.200. The van der Waals surface area contributed by atoms with Crippen LogP contribution in [0.25, 0.3) is 5.57 Å². The van der Waals surface area contributed by atoms with E-state index in [1.165, 1.54) is 6.26 Å². The number of hydrogen-bond donors (Lipinski definition) is 0. The van der Waals surface area contributed by atoms with Gasteiger partial charge in [-0.25, -0.2) is 0 Å². The number of nitriles is 2. The van der Waals surface area contributed by atoms with Crippen LogP contribution < -0.4 is 0 Å². The molecule has 0 aliphatic heterocycles. The van der Waals surface area contributed by atoms with Crippen LogP contribution in [0.5, 0.6) is 0 Å². The molecule has 1 aromatic rings. The molecular formula is C10H8N2O. The summed E-state index contributed by atoms with van der Waals surface area (Å²) in [6.45, 7) is 1.88. The number of nitrogens with zero attached hydrogens (tertiary/aromatic N) is 2. The van der Waals surface area contributed by atoms with E-state index in [0.717, 1.165) is 0 Å². The zero-order chi connectivity index (χ0) is 9.68. The van der Waals surface area contributed by atoms with Crippen molar-refractivity contribution in [2.24, 2.45) is 0 Å². The van der Waals surface area contributed by atoms with Crippen LogP contribution in [0.1, 0.15) is 19.1 Å². The molecule has 0 saturated heterocycles. The SMILES string of the molecule is CCC(=C(C#N)C#N)c1ccco1. The molecule has 0 aromatic carbocycles. The monoisotopic (exact) mass is 172 g/mol. The van der Waals surface area contributed by atoms with Crippen molar-refractivity contribution in [3.05, 3.63) is 29.7 Å². The highest BCUT2D eigenvalue weighted by Crippen LogP contribution is 2.21. The summed E-state index contributed by atoms with van der Waals surface area (Å²) in [5, 5.41) is 17.3. The summed E-state index contributed by atoms with van der Waals surface area (Å²) < 4.78 is 5.11. The smallest absolute Gasteiger partial charge is 0.136 e. The minimum absolute atomic E-state index is 0.123. The van der Waals surface area contributed by atoms with Gasteiger partial charge in [0, 0.05) is 5.57 Å². The molecule has 0 N–H and O–H groups in total. The Hall–Kier alpha value is -2.00. The maximum Gasteiger partial charge on any atom is 0.136 e. The summed E-state index contributed by atoms with van der Waals surface area (Å²) in [5.41, 5.74) is 0.785. The highest BCUT2D eigenvalue weighted by Gasteiger charge is 2.08. The van der Waals surface area contributed by atoms with Crippen molar-refractivity contribution in [3.8, 4) is 12.1 Å². The van der Waals surface area contributed by atoms with Crippen LogP contribution in [0.3, 0.4) is 0 Å². The molecule has 0 saturated carbocycles. The van der Waals surface area contributed by atoms with E-state index in [0.29, 0.717) is 17.8 Å². The number of allylic oxidation sites excluding steroid dienone is 2. The molecule has 0 bridgehead atoms. The summed E-state index contributed by atoms with van der Waals surface area (Å²) in [5.74, 6) is 0.598. The Kier molecular flexibility index (Phi) is 2.89. The Balaban J connectivity index is 3.21. The number of rotatable bonds is 2. The van der Waals surface area contributed by atoms with E-state index in [-0.39, 0.29) is 5.57 Å². The molecule has 0 unspecified atom stereocenters. The lowest BCUT2D eigenvalue weighted by Gasteiger charge is -1.98. The van der Waals surface area contributed by atoms with E-state index >= 15 is 0 Å². The van der Waals surface area contributed by atoms with Crippen molar-refractivity contribution in [3.63, 3.8) is 0 Å². The fourth-order valence-electron chi connectivity index (χ4n) is 1.08. The minimum atomic E-state index is 0.123. The predicted octanol–water partition coefficient (Wildman–Crippen LogP) is 2.49. The lowest BCUT2D eigenvalue weighted by atomic mass is 10.1. The van der Waals surface area contributed by atoms with Crippen LogP contribution in [0, 0.1) is 22.7 Å². The maximum atomic E-state index is 8.65. The van der Waals surface area contributed by atoms with Gasteiger partial charge in [-0.05, 0) is 18.6 Å². The summed E-state index contributed by atoms with van der Waals surface area (Å²) in [6.07, 6.45) is 2.14. The van der Waals surface area contributed by atoms with Gasteiger partial charge >= 0.3 is 0 Å². The Morgan fingerprint density at radius 1 is 1.46 bits per heavy atom. The van der Waals surface area contributed by atoms with Gasteiger partial charge in [-0.2, -0.15) is 10.5 Å². The van der Waals surface area contributed by atoms with Crippen LogP contribution >= 0.6 is 0 Å². The highest BCUT2D eigenvalue weighted by molar-refractivity contribution is 5.72. The first-order valence-electron chi connectivity index (χ1n) is 3.90. The molecule has 64 valence electrons. The van der Waals surface area contributed by atoms with Crippen molar-refractivity contribution >= 4 is 5.57 Å². The first-order chi connectivity index (χ1) is 6.33. The predicted molar refractivity (Wildman–Crippen MR) is 47.1 cm³/mol. The quantitative estimate of drug-likeness (QED) is 0.644. The molecule has 0 fully saturated rings. The van der Waals surface area contributed by atoms with Gasteiger partial charge in [0.25, 0.3) is 0 Å². The van der Waals surface area contributed by atoms with Gasteiger partial charge in [0.1, 0.15) is 23.5 Å². The lowest BCUT2D eigenvalue weighted by molar-refractivity contribution is 0.550. The zero-order valence-corrected chi connectivity index (χ0v) is 7.24.